The maximum Gasteiger partial charge on any atom is 0.260 e. The van der Waals surface area contributed by atoms with Gasteiger partial charge in [-0.25, -0.2) is 0 Å². The number of ether oxygens (including phenoxy) is 2. The Morgan fingerprint density at radius 2 is 1.75 bits per heavy atom. The first-order valence-corrected chi connectivity index (χ1v) is 10.4. The van der Waals surface area contributed by atoms with Crippen molar-refractivity contribution in [3.05, 3.63) is 28.2 Å². The summed E-state index contributed by atoms with van der Waals surface area (Å²) in [5, 5.41) is 0.887. The lowest BCUT2D eigenvalue weighted by Crippen LogP contribution is -2.52. The summed E-state index contributed by atoms with van der Waals surface area (Å²) in [5.41, 5.74) is 0. The van der Waals surface area contributed by atoms with Crippen LogP contribution in [-0.2, 0) is 14.3 Å². The first-order chi connectivity index (χ1) is 13.3. The van der Waals surface area contributed by atoms with Crippen LogP contribution in [-0.4, -0.2) is 66.6 Å². The summed E-state index contributed by atoms with van der Waals surface area (Å²) in [6.45, 7) is 6.29. The number of carbonyl (C=O) groups is 2. The molecule has 2 atom stereocenters. The highest BCUT2D eigenvalue weighted by Crippen LogP contribution is 2.28. The molecule has 2 unspecified atom stereocenters. The molecule has 3 rings (SSSR count). The summed E-state index contributed by atoms with van der Waals surface area (Å²) in [7, 11) is 0. The van der Waals surface area contributed by atoms with Gasteiger partial charge in [-0.3, -0.25) is 9.59 Å². The first kappa shape index (κ1) is 21.2. The number of benzene rings is 1. The molecular weight excluding hydrogens is 403 g/mol. The van der Waals surface area contributed by atoms with Crippen molar-refractivity contribution >= 4 is 35.0 Å². The topological polar surface area (TPSA) is 59.1 Å². The number of piperidine rings is 1. The Kier molecular flexibility index (Phi) is 7.07. The highest BCUT2D eigenvalue weighted by molar-refractivity contribution is 6.35. The molecule has 1 aromatic rings. The third-order valence-corrected chi connectivity index (χ3v) is 5.70. The highest BCUT2D eigenvalue weighted by Gasteiger charge is 2.33. The van der Waals surface area contributed by atoms with E-state index < -0.39 is 0 Å². The largest absolute Gasteiger partial charge is 0.482 e. The van der Waals surface area contributed by atoms with Gasteiger partial charge in [-0.05, 0) is 44.9 Å². The normalized spacial score (nSPS) is 23.6. The Morgan fingerprint density at radius 1 is 1.11 bits per heavy atom. The Labute approximate surface area is 175 Å². The van der Waals surface area contributed by atoms with Crippen molar-refractivity contribution in [1.82, 2.24) is 9.80 Å². The molecule has 2 heterocycles. The van der Waals surface area contributed by atoms with Gasteiger partial charge >= 0.3 is 0 Å². The number of morpholine rings is 1. The molecule has 28 heavy (non-hydrogen) atoms. The molecule has 0 aromatic heterocycles. The van der Waals surface area contributed by atoms with Crippen molar-refractivity contribution in [2.75, 3.05) is 32.8 Å². The van der Waals surface area contributed by atoms with Crippen LogP contribution in [0.5, 0.6) is 5.75 Å². The van der Waals surface area contributed by atoms with Gasteiger partial charge in [-0.15, -0.1) is 0 Å². The van der Waals surface area contributed by atoms with E-state index in [1.807, 2.05) is 18.7 Å². The van der Waals surface area contributed by atoms with Crippen LogP contribution in [0.2, 0.25) is 10.0 Å². The number of rotatable bonds is 4. The highest BCUT2D eigenvalue weighted by atomic mass is 35.5. The summed E-state index contributed by atoms with van der Waals surface area (Å²) in [5.74, 6) is 0.469. The summed E-state index contributed by atoms with van der Waals surface area (Å²) in [6.07, 6.45) is 1.47. The molecule has 2 saturated heterocycles. The SMILES string of the molecule is CC1CN(C(=O)C2CCN(C(=O)COc3ccc(Cl)cc3Cl)CC2)CC(C)O1. The zero-order valence-electron chi connectivity index (χ0n) is 16.2. The molecule has 0 N–H and O–H groups in total. The van der Waals surface area contributed by atoms with Crippen LogP contribution < -0.4 is 4.74 Å². The minimum atomic E-state index is -0.106. The van der Waals surface area contributed by atoms with Crippen molar-refractivity contribution in [2.45, 2.75) is 38.9 Å². The minimum absolute atomic E-state index is 0.0341. The molecule has 0 bridgehead atoms. The number of carbonyl (C=O) groups excluding carboxylic acids is 2. The van der Waals surface area contributed by atoms with E-state index in [-0.39, 0.29) is 36.5 Å². The fraction of sp³-hybridized carbons (Fsp3) is 0.600. The van der Waals surface area contributed by atoms with Crippen molar-refractivity contribution in [2.24, 2.45) is 5.92 Å². The van der Waals surface area contributed by atoms with E-state index in [1.54, 1.807) is 23.1 Å². The lowest BCUT2D eigenvalue weighted by atomic mass is 9.94. The van der Waals surface area contributed by atoms with Gasteiger partial charge in [0, 0.05) is 37.1 Å². The lowest BCUT2D eigenvalue weighted by molar-refractivity contribution is -0.150. The average Bonchev–Trinajstić information content (AvgIpc) is 2.66. The zero-order valence-corrected chi connectivity index (χ0v) is 17.7. The van der Waals surface area contributed by atoms with E-state index in [9.17, 15) is 9.59 Å². The minimum Gasteiger partial charge on any atom is -0.482 e. The molecule has 0 aliphatic carbocycles. The fourth-order valence-electron chi connectivity index (χ4n) is 3.81. The molecule has 2 amide bonds. The predicted octanol–water partition coefficient (Wildman–Crippen LogP) is 3.25. The van der Waals surface area contributed by atoms with E-state index in [0.717, 1.165) is 0 Å². The summed E-state index contributed by atoms with van der Waals surface area (Å²) < 4.78 is 11.2. The maximum atomic E-state index is 12.8. The summed E-state index contributed by atoms with van der Waals surface area (Å²) >= 11 is 11.9. The summed E-state index contributed by atoms with van der Waals surface area (Å²) in [6, 6.07) is 4.89. The van der Waals surface area contributed by atoms with Gasteiger partial charge in [-0.2, -0.15) is 0 Å². The van der Waals surface area contributed by atoms with Gasteiger partial charge < -0.3 is 19.3 Å². The molecule has 1 aromatic carbocycles. The Balaban J connectivity index is 1.46. The van der Waals surface area contributed by atoms with Crippen LogP contribution in [0.3, 0.4) is 0 Å². The van der Waals surface area contributed by atoms with Crippen molar-refractivity contribution in [1.29, 1.82) is 0 Å². The lowest BCUT2D eigenvalue weighted by Gasteiger charge is -2.39. The van der Waals surface area contributed by atoms with Crippen LogP contribution in [0.1, 0.15) is 26.7 Å². The van der Waals surface area contributed by atoms with Gasteiger partial charge in [0.15, 0.2) is 6.61 Å². The molecule has 0 saturated carbocycles. The van der Waals surface area contributed by atoms with Gasteiger partial charge in [0.05, 0.1) is 17.2 Å². The van der Waals surface area contributed by atoms with Crippen LogP contribution in [0.25, 0.3) is 0 Å². The molecule has 0 spiro atoms. The average molecular weight is 429 g/mol. The van der Waals surface area contributed by atoms with E-state index in [4.69, 9.17) is 32.7 Å². The van der Waals surface area contributed by atoms with Crippen LogP contribution >= 0.6 is 23.2 Å². The predicted molar refractivity (Wildman–Crippen MR) is 108 cm³/mol. The number of nitrogens with zero attached hydrogens (tertiary/aromatic N) is 2. The molecule has 0 radical (unpaired) electrons. The second-order valence-electron chi connectivity index (χ2n) is 7.52. The third-order valence-electron chi connectivity index (χ3n) is 5.17. The van der Waals surface area contributed by atoms with Crippen LogP contribution in [0.4, 0.5) is 0 Å². The monoisotopic (exact) mass is 428 g/mol. The van der Waals surface area contributed by atoms with E-state index >= 15 is 0 Å². The second kappa shape index (κ2) is 9.33. The van der Waals surface area contributed by atoms with Gasteiger partial charge in [0.1, 0.15) is 5.75 Å². The quantitative estimate of drug-likeness (QED) is 0.738. The number of hydrogen-bond donors (Lipinski definition) is 0. The number of amides is 2. The van der Waals surface area contributed by atoms with E-state index in [1.165, 1.54) is 0 Å². The zero-order chi connectivity index (χ0) is 20.3. The Hall–Kier alpha value is -1.50. The number of likely N-dealkylation sites (tertiary alicyclic amines) is 1. The first-order valence-electron chi connectivity index (χ1n) is 9.63. The maximum absolute atomic E-state index is 12.8. The molecule has 2 aliphatic rings. The van der Waals surface area contributed by atoms with Crippen LogP contribution in [0, 0.1) is 5.92 Å². The number of halogens is 2. The summed E-state index contributed by atoms with van der Waals surface area (Å²) in [4.78, 5) is 28.9. The smallest absolute Gasteiger partial charge is 0.260 e. The van der Waals surface area contributed by atoms with Crippen molar-refractivity contribution in [3.63, 3.8) is 0 Å². The van der Waals surface area contributed by atoms with Gasteiger partial charge in [0.2, 0.25) is 5.91 Å². The molecular formula is C20H26Cl2N2O4. The second-order valence-corrected chi connectivity index (χ2v) is 8.36. The fourth-order valence-corrected chi connectivity index (χ4v) is 4.28. The van der Waals surface area contributed by atoms with Crippen molar-refractivity contribution in [3.8, 4) is 5.75 Å². The molecule has 2 fully saturated rings. The number of hydrogen-bond acceptors (Lipinski definition) is 4. The van der Waals surface area contributed by atoms with Crippen LogP contribution in [0.15, 0.2) is 18.2 Å². The third kappa shape index (κ3) is 5.31. The van der Waals surface area contributed by atoms with E-state index in [2.05, 4.69) is 0 Å². The Bertz CT molecular complexity index is 712. The Morgan fingerprint density at radius 3 is 2.36 bits per heavy atom. The van der Waals surface area contributed by atoms with Gasteiger partial charge in [-0.1, -0.05) is 23.2 Å². The van der Waals surface area contributed by atoms with Crippen molar-refractivity contribution < 1.29 is 19.1 Å². The molecule has 6 nitrogen and oxygen atoms in total. The molecule has 154 valence electrons. The molecule has 2 aliphatic heterocycles. The standard InChI is InChI=1S/C20H26Cl2N2O4/c1-13-10-24(11-14(2)28-13)20(26)15-5-7-23(8-6-15)19(25)12-27-18-4-3-16(21)9-17(18)22/h3-4,9,13-15H,5-8,10-12H2,1-2H3. The molecule has 8 heteroatoms. The van der Waals surface area contributed by atoms with E-state index in [0.29, 0.717) is 54.8 Å². The van der Waals surface area contributed by atoms with Gasteiger partial charge in [0.25, 0.3) is 5.91 Å².